The van der Waals surface area contributed by atoms with E-state index in [-0.39, 0.29) is 15.9 Å². The summed E-state index contributed by atoms with van der Waals surface area (Å²) in [5.74, 6) is -1.54. The molecule has 2 aromatic rings. The molecule has 0 saturated heterocycles. The molecule has 5 heteroatoms. The van der Waals surface area contributed by atoms with Gasteiger partial charge < -0.3 is 5.32 Å². The van der Waals surface area contributed by atoms with Crippen LogP contribution in [0.2, 0.25) is 0 Å². The Morgan fingerprint density at radius 2 is 1.71 bits per heavy atom. The Morgan fingerprint density at radius 1 is 1.05 bits per heavy atom. The minimum Gasteiger partial charge on any atom is -0.310 e. The smallest absolute Gasteiger partial charge is 0.145 e. The van der Waals surface area contributed by atoms with Crippen LogP contribution < -0.4 is 5.32 Å². The summed E-state index contributed by atoms with van der Waals surface area (Å²) in [6.45, 7) is 2.43. The van der Waals surface area contributed by atoms with E-state index >= 15 is 0 Å². The van der Waals surface area contributed by atoms with Gasteiger partial charge in [-0.3, -0.25) is 0 Å². The number of hydrogen-bond donors (Lipinski definition) is 1. The van der Waals surface area contributed by atoms with Crippen LogP contribution in [0, 0.1) is 17.5 Å². The lowest BCUT2D eigenvalue weighted by molar-refractivity contribution is 0.470. The van der Waals surface area contributed by atoms with Gasteiger partial charge in [0, 0.05) is 11.6 Å². The minimum absolute atomic E-state index is 0.00412. The third kappa shape index (κ3) is 3.86. The van der Waals surface area contributed by atoms with Crippen molar-refractivity contribution < 1.29 is 13.2 Å². The first kappa shape index (κ1) is 16.0. The predicted molar refractivity (Wildman–Crippen MR) is 80.6 cm³/mol. The van der Waals surface area contributed by atoms with Crippen LogP contribution in [0.25, 0.3) is 0 Å². The Balaban J connectivity index is 2.35. The van der Waals surface area contributed by atoms with Gasteiger partial charge >= 0.3 is 0 Å². The number of likely N-dealkylation sites (N-methyl/N-ethyl adjacent to an activating group) is 1. The van der Waals surface area contributed by atoms with Crippen molar-refractivity contribution in [2.75, 3.05) is 6.54 Å². The van der Waals surface area contributed by atoms with Gasteiger partial charge in [-0.2, -0.15) is 0 Å². The number of rotatable bonds is 5. The zero-order chi connectivity index (χ0) is 15.4. The highest BCUT2D eigenvalue weighted by molar-refractivity contribution is 9.10. The van der Waals surface area contributed by atoms with E-state index in [9.17, 15) is 13.2 Å². The van der Waals surface area contributed by atoms with E-state index in [4.69, 9.17) is 0 Å². The van der Waals surface area contributed by atoms with Crippen LogP contribution >= 0.6 is 15.9 Å². The molecule has 2 rings (SSSR count). The van der Waals surface area contributed by atoms with Gasteiger partial charge in [0.05, 0.1) is 4.47 Å². The van der Waals surface area contributed by atoms with Crippen LogP contribution in [0.3, 0.4) is 0 Å². The van der Waals surface area contributed by atoms with Gasteiger partial charge in [0.15, 0.2) is 0 Å². The van der Waals surface area contributed by atoms with Crippen LogP contribution in [-0.4, -0.2) is 6.54 Å². The number of halogens is 4. The second-order valence-corrected chi connectivity index (χ2v) is 5.55. The van der Waals surface area contributed by atoms with Crippen molar-refractivity contribution in [3.63, 3.8) is 0 Å². The van der Waals surface area contributed by atoms with E-state index in [1.54, 1.807) is 12.1 Å². The van der Waals surface area contributed by atoms with Crippen LogP contribution in [-0.2, 0) is 6.42 Å². The van der Waals surface area contributed by atoms with Crippen molar-refractivity contribution >= 4 is 15.9 Å². The Labute approximate surface area is 130 Å². The average Bonchev–Trinajstić information content (AvgIpc) is 2.46. The lowest BCUT2D eigenvalue weighted by atomic mass is 9.97. The molecule has 2 aromatic carbocycles. The maximum atomic E-state index is 14.2. The normalized spacial score (nSPS) is 12.4. The van der Waals surface area contributed by atoms with Crippen molar-refractivity contribution in [1.29, 1.82) is 0 Å². The highest BCUT2D eigenvalue weighted by Crippen LogP contribution is 2.29. The summed E-state index contributed by atoms with van der Waals surface area (Å²) in [5.41, 5.74) is 0.802. The highest BCUT2D eigenvalue weighted by Gasteiger charge is 2.21. The summed E-state index contributed by atoms with van der Waals surface area (Å²) in [6.07, 6.45) is 0.373. The number of hydrogen-bond acceptors (Lipinski definition) is 1. The third-order valence-corrected chi connectivity index (χ3v) is 3.84. The van der Waals surface area contributed by atoms with Crippen molar-refractivity contribution in [2.45, 2.75) is 19.4 Å². The summed E-state index contributed by atoms with van der Waals surface area (Å²) < 4.78 is 41.4. The number of nitrogens with one attached hydrogen (secondary N) is 1. The van der Waals surface area contributed by atoms with Crippen LogP contribution in [0.1, 0.15) is 24.1 Å². The summed E-state index contributed by atoms with van der Waals surface area (Å²) in [4.78, 5) is 0. The zero-order valence-corrected chi connectivity index (χ0v) is 13.1. The molecule has 0 aromatic heterocycles. The maximum Gasteiger partial charge on any atom is 0.145 e. The highest BCUT2D eigenvalue weighted by atomic mass is 79.9. The Kier molecular flexibility index (Phi) is 5.42. The molecule has 0 spiro atoms. The average molecular weight is 358 g/mol. The van der Waals surface area contributed by atoms with E-state index in [2.05, 4.69) is 21.2 Å². The SMILES string of the molecule is CCNC(Cc1ccc(F)cc1)c1c(F)ccc(Br)c1F. The van der Waals surface area contributed by atoms with E-state index < -0.39 is 17.7 Å². The topological polar surface area (TPSA) is 12.0 Å². The fourth-order valence-electron chi connectivity index (χ4n) is 2.24. The molecule has 0 bridgehead atoms. The standard InChI is InChI=1S/C16H15BrF3N/c1-2-21-14(9-10-3-5-11(18)6-4-10)15-13(19)8-7-12(17)16(15)20/h3-8,14,21H,2,9H2,1H3. The Hall–Kier alpha value is -1.33. The van der Waals surface area contributed by atoms with E-state index in [1.165, 1.54) is 24.3 Å². The molecule has 1 atom stereocenters. The fourth-order valence-corrected chi connectivity index (χ4v) is 2.59. The number of benzene rings is 2. The molecule has 0 aliphatic rings. The molecule has 0 radical (unpaired) electrons. The van der Waals surface area contributed by atoms with Crippen molar-refractivity contribution in [3.8, 4) is 0 Å². The summed E-state index contributed by atoms with van der Waals surface area (Å²) >= 11 is 3.08. The lowest BCUT2D eigenvalue weighted by Gasteiger charge is -2.20. The first-order valence-electron chi connectivity index (χ1n) is 6.64. The van der Waals surface area contributed by atoms with Gasteiger partial charge in [-0.25, -0.2) is 13.2 Å². The molecule has 0 saturated carbocycles. The molecular formula is C16H15BrF3N. The van der Waals surface area contributed by atoms with E-state index in [0.717, 1.165) is 5.56 Å². The molecular weight excluding hydrogens is 343 g/mol. The zero-order valence-electron chi connectivity index (χ0n) is 11.5. The second kappa shape index (κ2) is 7.09. The maximum absolute atomic E-state index is 14.2. The first-order valence-corrected chi connectivity index (χ1v) is 7.43. The molecule has 1 nitrogen and oxygen atoms in total. The molecule has 0 heterocycles. The van der Waals surface area contributed by atoms with Crippen molar-refractivity contribution in [3.05, 3.63) is 69.4 Å². The summed E-state index contributed by atoms with van der Waals surface area (Å²) in [7, 11) is 0. The van der Waals surface area contributed by atoms with E-state index in [1.807, 2.05) is 6.92 Å². The monoisotopic (exact) mass is 357 g/mol. The van der Waals surface area contributed by atoms with E-state index in [0.29, 0.717) is 13.0 Å². The molecule has 1 N–H and O–H groups in total. The first-order chi connectivity index (χ1) is 10.0. The largest absolute Gasteiger partial charge is 0.310 e. The van der Waals surface area contributed by atoms with Gasteiger partial charge in [-0.1, -0.05) is 19.1 Å². The van der Waals surface area contributed by atoms with Gasteiger partial charge in [0.2, 0.25) is 0 Å². The minimum atomic E-state index is -0.608. The quantitative estimate of drug-likeness (QED) is 0.760. The summed E-state index contributed by atoms with van der Waals surface area (Å²) in [6, 6.07) is 7.98. The molecule has 0 aliphatic carbocycles. The van der Waals surface area contributed by atoms with Crippen LogP contribution in [0.4, 0.5) is 13.2 Å². The lowest BCUT2D eigenvalue weighted by Crippen LogP contribution is -2.25. The fraction of sp³-hybridized carbons (Fsp3) is 0.250. The molecule has 0 aliphatic heterocycles. The van der Waals surface area contributed by atoms with Gasteiger partial charge in [-0.05, 0) is 58.7 Å². The molecule has 112 valence electrons. The predicted octanol–water partition coefficient (Wildman–Crippen LogP) is 4.76. The third-order valence-electron chi connectivity index (χ3n) is 3.23. The Morgan fingerprint density at radius 3 is 2.33 bits per heavy atom. The van der Waals surface area contributed by atoms with Crippen LogP contribution in [0.15, 0.2) is 40.9 Å². The van der Waals surface area contributed by atoms with Gasteiger partial charge in [0.25, 0.3) is 0 Å². The van der Waals surface area contributed by atoms with Crippen LogP contribution in [0.5, 0.6) is 0 Å². The molecule has 21 heavy (non-hydrogen) atoms. The van der Waals surface area contributed by atoms with Crippen molar-refractivity contribution in [1.82, 2.24) is 5.32 Å². The summed E-state index contributed by atoms with van der Waals surface area (Å²) in [5, 5.41) is 3.08. The second-order valence-electron chi connectivity index (χ2n) is 4.70. The van der Waals surface area contributed by atoms with Crippen molar-refractivity contribution in [2.24, 2.45) is 0 Å². The molecule has 0 amide bonds. The molecule has 1 unspecified atom stereocenters. The molecule has 0 fully saturated rings. The van der Waals surface area contributed by atoms with Gasteiger partial charge in [0.1, 0.15) is 17.5 Å². The van der Waals surface area contributed by atoms with Gasteiger partial charge in [-0.15, -0.1) is 0 Å². The Bertz CT molecular complexity index is 614.